The van der Waals surface area contributed by atoms with Gasteiger partial charge in [0.2, 0.25) is 0 Å². The minimum Gasteiger partial charge on any atom is -0.492 e. The van der Waals surface area contributed by atoms with Crippen molar-refractivity contribution in [2.45, 2.75) is 19.3 Å². The first-order chi connectivity index (χ1) is 6.75. The Kier molecular flexibility index (Phi) is 2.96. The average molecular weight is 256 g/mol. The predicted molar refractivity (Wildman–Crippen MR) is 61.4 cm³/mol. The van der Waals surface area contributed by atoms with Crippen LogP contribution in [-0.2, 0) is 0 Å². The van der Waals surface area contributed by atoms with Crippen molar-refractivity contribution in [1.29, 1.82) is 0 Å². The second kappa shape index (κ2) is 4.22. The standard InChI is InChI=1S/C11H14BrNO/c12-10-4-3-9(13)7-11(10)14-6-5-8-1-2-8/h3-4,7-8H,1-2,5-6,13H2. The molecule has 1 aliphatic rings. The van der Waals surface area contributed by atoms with Gasteiger partial charge in [0, 0.05) is 11.8 Å². The van der Waals surface area contributed by atoms with Crippen LogP contribution in [0.4, 0.5) is 5.69 Å². The second-order valence-corrected chi connectivity index (χ2v) is 4.62. The van der Waals surface area contributed by atoms with Crippen molar-refractivity contribution in [2.75, 3.05) is 12.3 Å². The summed E-state index contributed by atoms with van der Waals surface area (Å²) in [4.78, 5) is 0. The van der Waals surface area contributed by atoms with E-state index < -0.39 is 0 Å². The van der Waals surface area contributed by atoms with Gasteiger partial charge < -0.3 is 10.5 Å². The van der Waals surface area contributed by atoms with Crippen LogP contribution < -0.4 is 10.5 Å². The Labute approximate surface area is 92.6 Å². The van der Waals surface area contributed by atoms with Crippen LogP contribution in [0.1, 0.15) is 19.3 Å². The Hall–Kier alpha value is -0.700. The molecule has 0 unspecified atom stereocenters. The zero-order valence-corrected chi connectivity index (χ0v) is 9.59. The lowest BCUT2D eigenvalue weighted by Crippen LogP contribution is -1.99. The van der Waals surface area contributed by atoms with E-state index in [1.165, 1.54) is 19.3 Å². The molecule has 0 bridgehead atoms. The normalized spacial score (nSPS) is 15.5. The van der Waals surface area contributed by atoms with Gasteiger partial charge in [0.25, 0.3) is 0 Å². The third-order valence-electron chi connectivity index (χ3n) is 2.44. The highest BCUT2D eigenvalue weighted by atomic mass is 79.9. The van der Waals surface area contributed by atoms with Gasteiger partial charge in [-0.25, -0.2) is 0 Å². The van der Waals surface area contributed by atoms with Gasteiger partial charge in [-0.2, -0.15) is 0 Å². The number of rotatable bonds is 4. The summed E-state index contributed by atoms with van der Waals surface area (Å²) < 4.78 is 6.62. The Morgan fingerprint density at radius 1 is 1.43 bits per heavy atom. The first kappa shape index (κ1) is 9.84. The molecule has 0 spiro atoms. The van der Waals surface area contributed by atoms with Crippen LogP contribution in [-0.4, -0.2) is 6.61 Å². The fourth-order valence-corrected chi connectivity index (χ4v) is 1.73. The van der Waals surface area contributed by atoms with Gasteiger partial charge in [-0.3, -0.25) is 0 Å². The molecule has 2 N–H and O–H groups in total. The van der Waals surface area contributed by atoms with Crippen molar-refractivity contribution in [3.63, 3.8) is 0 Å². The minimum atomic E-state index is 0.745. The number of hydrogen-bond donors (Lipinski definition) is 1. The molecule has 2 rings (SSSR count). The molecular formula is C11H14BrNO. The van der Waals surface area contributed by atoms with Crippen molar-refractivity contribution >= 4 is 21.6 Å². The van der Waals surface area contributed by atoms with Crippen molar-refractivity contribution in [3.8, 4) is 5.75 Å². The molecule has 1 aromatic rings. The summed E-state index contributed by atoms with van der Waals surface area (Å²) in [6, 6.07) is 5.64. The van der Waals surface area contributed by atoms with Gasteiger partial charge in [-0.1, -0.05) is 12.8 Å². The van der Waals surface area contributed by atoms with Crippen LogP contribution in [0.3, 0.4) is 0 Å². The molecule has 76 valence electrons. The van der Waals surface area contributed by atoms with Gasteiger partial charge in [0.15, 0.2) is 0 Å². The van der Waals surface area contributed by atoms with Crippen LogP contribution in [0.15, 0.2) is 22.7 Å². The zero-order chi connectivity index (χ0) is 9.97. The van der Waals surface area contributed by atoms with Crippen LogP contribution in [0.25, 0.3) is 0 Å². The molecule has 0 amide bonds. The van der Waals surface area contributed by atoms with Crippen molar-refractivity contribution in [3.05, 3.63) is 22.7 Å². The maximum absolute atomic E-state index is 5.67. The van der Waals surface area contributed by atoms with Gasteiger partial charge in [-0.05, 0) is 40.4 Å². The fraction of sp³-hybridized carbons (Fsp3) is 0.455. The van der Waals surface area contributed by atoms with E-state index in [-0.39, 0.29) is 0 Å². The number of hydrogen-bond acceptors (Lipinski definition) is 2. The molecule has 1 aromatic carbocycles. The highest BCUT2D eigenvalue weighted by Gasteiger charge is 2.20. The Morgan fingerprint density at radius 2 is 2.21 bits per heavy atom. The third kappa shape index (κ3) is 2.64. The summed E-state index contributed by atoms with van der Waals surface area (Å²) in [6.45, 7) is 0.798. The minimum absolute atomic E-state index is 0.745. The number of halogens is 1. The summed E-state index contributed by atoms with van der Waals surface area (Å²) in [6.07, 6.45) is 3.92. The number of benzene rings is 1. The van der Waals surface area contributed by atoms with E-state index in [2.05, 4.69) is 15.9 Å². The molecule has 1 saturated carbocycles. The number of nitrogen functional groups attached to an aromatic ring is 1. The molecule has 3 heteroatoms. The van der Waals surface area contributed by atoms with E-state index >= 15 is 0 Å². The molecule has 0 heterocycles. The number of ether oxygens (including phenoxy) is 1. The summed E-state index contributed by atoms with van der Waals surface area (Å²) in [5.41, 5.74) is 6.42. The topological polar surface area (TPSA) is 35.2 Å². The lowest BCUT2D eigenvalue weighted by atomic mass is 10.3. The molecule has 1 fully saturated rings. The fourth-order valence-electron chi connectivity index (χ4n) is 1.37. The molecule has 0 radical (unpaired) electrons. The van der Waals surface area contributed by atoms with E-state index in [1.54, 1.807) is 0 Å². The summed E-state index contributed by atoms with van der Waals surface area (Å²) in [7, 11) is 0. The lowest BCUT2D eigenvalue weighted by molar-refractivity contribution is 0.301. The number of nitrogens with two attached hydrogens (primary N) is 1. The third-order valence-corrected chi connectivity index (χ3v) is 3.09. The predicted octanol–water partition coefficient (Wildman–Crippen LogP) is 3.21. The van der Waals surface area contributed by atoms with Crippen LogP contribution in [0, 0.1) is 5.92 Å². The van der Waals surface area contributed by atoms with E-state index in [0.29, 0.717) is 0 Å². The molecule has 0 aromatic heterocycles. The van der Waals surface area contributed by atoms with Gasteiger partial charge >= 0.3 is 0 Å². The lowest BCUT2D eigenvalue weighted by Gasteiger charge is -2.08. The van der Waals surface area contributed by atoms with E-state index in [4.69, 9.17) is 10.5 Å². The average Bonchev–Trinajstić information content (AvgIpc) is 2.95. The van der Waals surface area contributed by atoms with Crippen LogP contribution >= 0.6 is 15.9 Å². The maximum Gasteiger partial charge on any atom is 0.135 e. The van der Waals surface area contributed by atoms with E-state index in [1.807, 2.05) is 18.2 Å². The molecule has 0 atom stereocenters. The highest BCUT2D eigenvalue weighted by molar-refractivity contribution is 9.10. The van der Waals surface area contributed by atoms with Crippen molar-refractivity contribution in [2.24, 2.45) is 5.92 Å². The van der Waals surface area contributed by atoms with Crippen molar-refractivity contribution in [1.82, 2.24) is 0 Å². The first-order valence-corrected chi connectivity index (χ1v) is 5.73. The van der Waals surface area contributed by atoms with Crippen LogP contribution in [0.2, 0.25) is 0 Å². The van der Waals surface area contributed by atoms with Crippen molar-refractivity contribution < 1.29 is 4.74 Å². The Morgan fingerprint density at radius 3 is 2.93 bits per heavy atom. The second-order valence-electron chi connectivity index (χ2n) is 3.77. The zero-order valence-electron chi connectivity index (χ0n) is 8.00. The molecule has 14 heavy (non-hydrogen) atoms. The first-order valence-electron chi connectivity index (χ1n) is 4.93. The molecular weight excluding hydrogens is 242 g/mol. The highest BCUT2D eigenvalue weighted by Crippen LogP contribution is 2.33. The number of anilines is 1. The largest absolute Gasteiger partial charge is 0.492 e. The summed E-state index contributed by atoms with van der Waals surface area (Å²) in [5, 5.41) is 0. The molecule has 2 nitrogen and oxygen atoms in total. The quantitative estimate of drug-likeness (QED) is 0.839. The smallest absolute Gasteiger partial charge is 0.135 e. The molecule has 0 saturated heterocycles. The Balaban J connectivity index is 1.89. The van der Waals surface area contributed by atoms with Gasteiger partial charge in [-0.15, -0.1) is 0 Å². The monoisotopic (exact) mass is 255 g/mol. The molecule has 0 aliphatic heterocycles. The summed E-state index contributed by atoms with van der Waals surface area (Å²) >= 11 is 3.43. The SMILES string of the molecule is Nc1ccc(Br)c(OCCC2CC2)c1. The summed E-state index contributed by atoms with van der Waals surface area (Å²) in [5.74, 6) is 1.76. The van der Waals surface area contributed by atoms with Gasteiger partial charge in [0.1, 0.15) is 5.75 Å². The maximum atomic E-state index is 5.67. The van der Waals surface area contributed by atoms with E-state index in [9.17, 15) is 0 Å². The van der Waals surface area contributed by atoms with Crippen LogP contribution in [0.5, 0.6) is 5.75 Å². The Bertz CT molecular complexity index is 323. The van der Waals surface area contributed by atoms with Gasteiger partial charge in [0.05, 0.1) is 11.1 Å². The molecule has 1 aliphatic carbocycles. The van der Waals surface area contributed by atoms with E-state index in [0.717, 1.165) is 28.4 Å².